The van der Waals surface area contributed by atoms with Crippen LogP contribution in [0.2, 0.25) is 0 Å². The zero-order chi connectivity index (χ0) is 20.5. The fourth-order valence-corrected chi connectivity index (χ4v) is 5.61. The van der Waals surface area contributed by atoms with Gasteiger partial charge in [-0.15, -0.1) is 0 Å². The van der Waals surface area contributed by atoms with E-state index >= 15 is 0 Å². The molecule has 0 saturated carbocycles. The van der Waals surface area contributed by atoms with Crippen molar-refractivity contribution in [2.45, 2.75) is 51.2 Å². The van der Waals surface area contributed by atoms with E-state index in [1.807, 2.05) is 39.8 Å². The van der Waals surface area contributed by atoms with Crippen molar-refractivity contribution in [3.05, 3.63) is 40.5 Å². The van der Waals surface area contributed by atoms with E-state index in [9.17, 15) is 8.42 Å². The first-order valence-electron chi connectivity index (χ1n) is 9.01. The Morgan fingerprint density at radius 1 is 1.18 bits per heavy atom. The van der Waals surface area contributed by atoms with Gasteiger partial charge in [-0.05, 0) is 73.5 Å². The van der Waals surface area contributed by atoms with Crippen molar-refractivity contribution in [2.75, 3.05) is 12.1 Å². The molecule has 1 aromatic heterocycles. The van der Waals surface area contributed by atoms with Crippen LogP contribution >= 0.6 is 15.9 Å². The van der Waals surface area contributed by atoms with Crippen LogP contribution in [-0.2, 0) is 16.6 Å². The summed E-state index contributed by atoms with van der Waals surface area (Å²) in [6.45, 7) is 8.19. The van der Waals surface area contributed by atoms with Gasteiger partial charge >= 0.3 is 0 Å². The Hall–Kier alpha value is -1.84. The molecule has 0 bridgehead atoms. The number of hydrogen-bond acceptors (Lipinski definition) is 6. The summed E-state index contributed by atoms with van der Waals surface area (Å²) < 4.78 is 38.9. The Balaban J connectivity index is 1.72. The average Bonchev–Trinajstić information content (AvgIpc) is 3.08. The normalized spacial score (nSPS) is 13.6. The van der Waals surface area contributed by atoms with Gasteiger partial charge in [-0.1, -0.05) is 0 Å². The van der Waals surface area contributed by atoms with Gasteiger partial charge in [0.25, 0.3) is 0 Å². The van der Waals surface area contributed by atoms with E-state index in [0.29, 0.717) is 23.9 Å². The smallest absolute Gasteiger partial charge is 0.245 e. The predicted molar refractivity (Wildman–Crippen MR) is 111 cm³/mol. The van der Waals surface area contributed by atoms with E-state index in [2.05, 4.69) is 26.2 Å². The first-order chi connectivity index (χ1) is 13.2. The molecule has 2 heterocycles. The molecule has 0 fully saturated rings. The summed E-state index contributed by atoms with van der Waals surface area (Å²) in [5.41, 5.74) is 0.986. The lowest BCUT2D eigenvalue weighted by Gasteiger charge is -2.29. The Morgan fingerprint density at radius 3 is 2.50 bits per heavy atom. The molecule has 0 atom stereocenters. The van der Waals surface area contributed by atoms with Crippen LogP contribution in [0, 0.1) is 0 Å². The molecule has 0 spiro atoms. The van der Waals surface area contributed by atoms with Gasteiger partial charge in [-0.2, -0.15) is 4.31 Å². The van der Waals surface area contributed by atoms with Gasteiger partial charge in [0, 0.05) is 24.8 Å². The average molecular weight is 470 g/mol. The standard InChI is InChI=1S/C19H24BrN3O4S/c1-12(2)23(13(3)4)28(24,25)15-5-6-18(22-10-15)21-9-14-7-16(20)19-17(8-14)26-11-27-19/h5-8,10,12-13H,9,11H2,1-4H3,(H,21,22). The molecule has 0 unspecified atom stereocenters. The van der Waals surface area contributed by atoms with Gasteiger partial charge < -0.3 is 14.8 Å². The molecule has 1 aliphatic heterocycles. The lowest BCUT2D eigenvalue weighted by atomic mass is 10.2. The number of anilines is 1. The quantitative estimate of drug-likeness (QED) is 0.659. The van der Waals surface area contributed by atoms with Crippen molar-refractivity contribution in [1.29, 1.82) is 0 Å². The molecule has 1 aromatic carbocycles. The first kappa shape index (κ1) is 20.9. The summed E-state index contributed by atoms with van der Waals surface area (Å²) in [6, 6.07) is 6.84. The summed E-state index contributed by atoms with van der Waals surface area (Å²) in [5, 5.41) is 3.20. The fourth-order valence-electron chi connectivity index (χ4n) is 3.23. The monoisotopic (exact) mass is 469 g/mol. The van der Waals surface area contributed by atoms with Crippen molar-refractivity contribution in [3.63, 3.8) is 0 Å². The minimum Gasteiger partial charge on any atom is -0.454 e. The second-order valence-electron chi connectivity index (χ2n) is 7.07. The number of aromatic nitrogens is 1. The molecule has 1 aliphatic rings. The molecule has 0 amide bonds. The summed E-state index contributed by atoms with van der Waals surface area (Å²) in [6.07, 6.45) is 1.39. The Morgan fingerprint density at radius 2 is 1.89 bits per heavy atom. The topological polar surface area (TPSA) is 80.8 Å². The maximum atomic E-state index is 12.9. The van der Waals surface area contributed by atoms with Crippen LogP contribution in [0.4, 0.5) is 5.82 Å². The summed E-state index contributed by atoms with van der Waals surface area (Å²) in [4.78, 5) is 4.46. The Kier molecular flexibility index (Phi) is 6.16. The third-order valence-corrected chi connectivity index (χ3v) is 7.11. The summed E-state index contributed by atoms with van der Waals surface area (Å²) >= 11 is 3.47. The number of benzene rings is 1. The largest absolute Gasteiger partial charge is 0.454 e. The number of nitrogens with one attached hydrogen (secondary N) is 1. The van der Waals surface area contributed by atoms with Crippen LogP contribution in [0.3, 0.4) is 0 Å². The molecule has 0 radical (unpaired) electrons. The van der Waals surface area contributed by atoms with Gasteiger partial charge in [0.05, 0.1) is 4.47 Å². The van der Waals surface area contributed by atoms with Crippen molar-refractivity contribution < 1.29 is 17.9 Å². The van der Waals surface area contributed by atoms with Gasteiger partial charge in [0.15, 0.2) is 11.5 Å². The molecule has 7 nitrogen and oxygen atoms in total. The highest BCUT2D eigenvalue weighted by Crippen LogP contribution is 2.40. The summed E-state index contributed by atoms with van der Waals surface area (Å²) in [7, 11) is -3.59. The molecule has 28 heavy (non-hydrogen) atoms. The number of rotatable bonds is 7. The Labute approximate surface area is 174 Å². The van der Waals surface area contributed by atoms with Gasteiger partial charge in [-0.25, -0.2) is 13.4 Å². The van der Waals surface area contributed by atoms with E-state index in [1.54, 1.807) is 12.1 Å². The Bertz CT molecular complexity index is 938. The summed E-state index contributed by atoms with van der Waals surface area (Å²) in [5.74, 6) is 1.99. The van der Waals surface area contributed by atoms with Crippen molar-refractivity contribution >= 4 is 31.8 Å². The van der Waals surface area contributed by atoms with Crippen molar-refractivity contribution in [2.24, 2.45) is 0 Å². The molecule has 0 aliphatic carbocycles. The number of ether oxygens (including phenoxy) is 2. The highest BCUT2D eigenvalue weighted by molar-refractivity contribution is 9.10. The van der Waals surface area contributed by atoms with Crippen LogP contribution in [0.1, 0.15) is 33.3 Å². The zero-order valence-corrected chi connectivity index (χ0v) is 18.7. The molecule has 152 valence electrons. The molecule has 1 N–H and O–H groups in total. The van der Waals surface area contributed by atoms with Crippen LogP contribution in [0.15, 0.2) is 39.8 Å². The van der Waals surface area contributed by atoms with E-state index < -0.39 is 10.0 Å². The second-order valence-corrected chi connectivity index (χ2v) is 9.76. The van der Waals surface area contributed by atoms with Gasteiger partial charge in [-0.3, -0.25) is 0 Å². The number of nitrogens with zero attached hydrogens (tertiary/aromatic N) is 2. The van der Waals surface area contributed by atoms with Crippen molar-refractivity contribution in [3.8, 4) is 11.5 Å². The van der Waals surface area contributed by atoms with E-state index in [-0.39, 0.29) is 23.8 Å². The maximum absolute atomic E-state index is 12.9. The van der Waals surface area contributed by atoms with E-state index in [1.165, 1.54) is 10.5 Å². The maximum Gasteiger partial charge on any atom is 0.245 e. The van der Waals surface area contributed by atoms with Gasteiger partial charge in [0.1, 0.15) is 10.7 Å². The number of halogens is 1. The van der Waals surface area contributed by atoms with E-state index in [0.717, 1.165) is 10.0 Å². The van der Waals surface area contributed by atoms with Crippen LogP contribution < -0.4 is 14.8 Å². The predicted octanol–water partition coefficient (Wildman–Crippen LogP) is 3.99. The molecular formula is C19H24BrN3O4S. The molecule has 3 rings (SSSR count). The van der Waals surface area contributed by atoms with Gasteiger partial charge in [0.2, 0.25) is 16.8 Å². The lowest BCUT2D eigenvalue weighted by Crippen LogP contribution is -2.41. The number of pyridine rings is 1. The van der Waals surface area contributed by atoms with Crippen LogP contribution in [-0.4, -0.2) is 36.6 Å². The third-order valence-electron chi connectivity index (χ3n) is 4.29. The van der Waals surface area contributed by atoms with E-state index in [4.69, 9.17) is 9.47 Å². The van der Waals surface area contributed by atoms with Crippen LogP contribution in [0.25, 0.3) is 0 Å². The lowest BCUT2D eigenvalue weighted by molar-refractivity contribution is 0.173. The molecule has 2 aromatic rings. The zero-order valence-electron chi connectivity index (χ0n) is 16.3. The highest BCUT2D eigenvalue weighted by atomic mass is 79.9. The SMILES string of the molecule is CC(C)N(C(C)C)S(=O)(=O)c1ccc(NCc2cc(Br)c3c(c2)OCO3)nc1. The molecule has 0 saturated heterocycles. The molecule has 9 heteroatoms. The number of sulfonamides is 1. The third kappa shape index (κ3) is 4.26. The highest BCUT2D eigenvalue weighted by Gasteiger charge is 2.29. The number of hydrogen-bond donors (Lipinski definition) is 1. The minimum absolute atomic E-state index is 0.132. The second kappa shape index (κ2) is 8.26. The fraction of sp³-hybridized carbons (Fsp3) is 0.421. The molecular weight excluding hydrogens is 446 g/mol. The minimum atomic E-state index is -3.59. The number of fused-ring (bicyclic) bond motifs is 1. The van der Waals surface area contributed by atoms with Crippen molar-refractivity contribution in [1.82, 2.24) is 9.29 Å². The van der Waals surface area contributed by atoms with Crippen LogP contribution in [0.5, 0.6) is 11.5 Å². The first-order valence-corrected chi connectivity index (χ1v) is 11.2.